The molecule has 15 heavy (non-hydrogen) atoms. The van der Waals surface area contributed by atoms with Gasteiger partial charge in [-0.1, -0.05) is 0 Å². The summed E-state index contributed by atoms with van der Waals surface area (Å²) in [7, 11) is 0. The summed E-state index contributed by atoms with van der Waals surface area (Å²) >= 11 is 4.25. The van der Waals surface area contributed by atoms with E-state index in [1.807, 2.05) is 0 Å². The van der Waals surface area contributed by atoms with E-state index in [1.54, 1.807) is 12.1 Å². The maximum absolute atomic E-state index is 13.5. The van der Waals surface area contributed by atoms with Crippen molar-refractivity contribution in [2.75, 3.05) is 0 Å². The summed E-state index contributed by atoms with van der Waals surface area (Å²) in [5.74, 6) is -0.629. The minimum absolute atomic E-state index is 0.114. The van der Waals surface area contributed by atoms with Crippen molar-refractivity contribution in [2.24, 2.45) is 0 Å². The predicted octanol–water partition coefficient (Wildman–Crippen LogP) is 3.20. The number of halogens is 2. The van der Waals surface area contributed by atoms with Gasteiger partial charge < -0.3 is 5.11 Å². The maximum Gasteiger partial charge on any atom is 0.220 e. The lowest BCUT2D eigenvalue weighted by Crippen LogP contribution is -1.86. The first-order chi connectivity index (χ1) is 7.89. The lowest BCUT2D eigenvalue weighted by molar-refractivity contribution is 0.285. The van der Waals surface area contributed by atoms with Crippen LogP contribution in [0.4, 0.5) is 4.39 Å². The van der Waals surface area contributed by atoms with Gasteiger partial charge >= 0.3 is 0 Å². The minimum atomic E-state index is -2.43. The quantitative estimate of drug-likeness (QED) is 0.862. The van der Waals surface area contributed by atoms with Gasteiger partial charge in [0.05, 0.1) is 13.1 Å². The first kappa shape index (κ1) is 8.38. The molecule has 0 saturated heterocycles. The molecule has 2 aromatic rings. The lowest BCUT2D eigenvalue weighted by Gasteiger charge is -1.99. The number of aromatic nitrogens is 1. The number of rotatable bonds is 2. The van der Waals surface area contributed by atoms with Crippen LogP contribution in [-0.4, -0.2) is 10.1 Å². The molecule has 0 atom stereocenters. The van der Waals surface area contributed by atoms with Crippen LogP contribution >= 0.6 is 27.3 Å². The fraction of sp³-hybridized carbons (Fsp3) is 0.100. The summed E-state index contributed by atoms with van der Waals surface area (Å²) < 4.78 is 28.4. The standard InChI is InChI=1S/C10H7BrFNOS/c11-9-8(4-6(5-14)15-9)7-2-1-3-13-10(7)12/h1-4,14H,5H2/i5D2. The molecule has 0 bridgehead atoms. The zero-order valence-electron chi connectivity index (χ0n) is 9.37. The second-order valence-corrected chi connectivity index (χ2v) is 5.12. The molecule has 2 heterocycles. The van der Waals surface area contributed by atoms with E-state index < -0.39 is 12.5 Å². The number of nitrogens with zero attached hydrogens (tertiary/aromatic N) is 1. The Bertz CT molecular complexity index is 555. The van der Waals surface area contributed by atoms with E-state index in [4.69, 9.17) is 2.74 Å². The summed E-state index contributed by atoms with van der Waals surface area (Å²) in [4.78, 5) is 3.64. The van der Waals surface area contributed by atoms with Crippen molar-refractivity contribution in [1.29, 1.82) is 0 Å². The Balaban J connectivity index is 2.55. The third kappa shape index (κ3) is 2.09. The van der Waals surface area contributed by atoms with E-state index in [2.05, 4.69) is 20.9 Å². The number of thiophene rings is 1. The topological polar surface area (TPSA) is 33.1 Å². The summed E-state index contributed by atoms with van der Waals surface area (Å²) in [6.07, 6.45) is 1.34. The normalized spacial score (nSPS) is 13.5. The molecule has 78 valence electrons. The first-order valence-electron chi connectivity index (χ1n) is 5.02. The van der Waals surface area contributed by atoms with Gasteiger partial charge in [0, 0.05) is 22.2 Å². The van der Waals surface area contributed by atoms with Gasteiger partial charge in [0.15, 0.2) is 0 Å². The zero-order valence-corrected chi connectivity index (χ0v) is 9.77. The Labute approximate surface area is 101 Å². The molecule has 0 fully saturated rings. The summed E-state index contributed by atoms with van der Waals surface area (Å²) in [5, 5.41) is 9.26. The van der Waals surface area contributed by atoms with Crippen LogP contribution < -0.4 is 0 Å². The molecule has 5 heteroatoms. The predicted molar refractivity (Wildman–Crippen MR) is 61.1 cm³/mol. The van der Waals surface area contributed by atoms with Gasteiger partial charge in [-0.05, 0) is 34.1 Å². The number of hydrogen-bond donors (Lipinski definition) is 1. The molecule has 2 aromatic heterocycles. The van der Waals surface area contributed by atoms with Crippen molar-refractivity contribution in [3.8, 4) is 11.1 Å². The van der Waals surface area contributed by atoms with Crippen LogP contribution in [0.15, 0.2) is 28.2 Å². The first-order valence-corrected chi connectivity index (χ1v) is 5.63. The highest BCUT2D eigenvalue weighted by molar-refractivity contribution is 9.11. The number of pyridine rings is 1. The van der Waals surface area contributed by atoms with Crippen LogP contribution in [0.2, 0.25) is 0 Å². The summed E-state index contributed by atoms with van der Waals surface area (Å²) in [6.45, 7) is -2.43. The number of aliphatic hydroxyl groups is 1. The molecule has 0 unspecified atom stereocenters. The molecule has 0 amide bonds. The highest BCUT2D eigenvalue weighted by atomic mass is 79.9. The third-order valence-electron chi connectivity index (χ3n) is 1.85. The molecule has 0 aliphatic heterocycles. The van der Waals surface area contributed by atoms with E-state index in [9.17, 15) is 9.50 Å². The van der Waals surface area contributed by atoms with Crippen molar-refractivity contribution < 1.29 is 12.2 Å². The molecule has 0 aromatic carbocycles. The molecule has 0 aliphatic rings. The molecule has 0 spiro atoms. The fourth-order valence-electron chi connectivity index (χ4n) is 1.19. The Morgan fingerprint density at radius 1 is 1.60 bits per heavy atom. The molecule has 2 rings (SSSR count). The van der Waals surface area contributed by atoms with Crippen molar-refractivity contribution in [2.45, 2.75) is 6.56 Å². The SMILES string of the molecule is [2H]C([2H])(O)c1cc(-c2cccnc2F)c(Br)s1. The van der Waals surface area contributed by atoms with Crippen LogP contribution in [0.5, 0.6) is 0 Å². The summed E-state index contributed by atoms with van der Waals surface area (Å²) in [5.41, 5.74) is 0.750. The Morgan fingerprint density at radius 2 is 2.40 bits per heavy atom. The van der Waals surface area contributed by atoms with E-state index in [-0.39, 0.29) is 10.4 Å². The average Bonchev–Trinajstić information content (AvgIpc) is 2.61. The largest absolute Gasteiger partial charge is 0.391 e. The van der Waals surface area contributed by atoms with E-state index in [0.29, 0.717) is 9.35 Å². The van der Waals surface area contributed by atoms with Gasteiger partial charge in [-0.15, -0.1) is 11.3 Å². The molecular weight excluding hydrogens is 281 g/mol. The number of hydrogen-bond acceptors (Lipinski definition) is 3. The molecular formula is C10H7BrFNOS. The molecule has 2 nitrogen and oxygen atoms in total. The van der Waals surface area contributed by atoms with E-state index in [1.165, 1.54) is 12.3 Å². The van der Waals surface area contributed by atoms with Crippen LogP contribution in [0.25, 0.3) is 11.1 Å². The van der Waals surface area contributed by atoms with Crippen molar-refractivity contribution >= 4 is 27.3 Å². The van der Waals surface area contributed by atoms with Gasteiger partial charge in [-0.2, -0.15) is 4.39 Å². The minimum Gasteiger partial charge on any atom is -0.391 e. The van der Waals surface area contributed by atoms with Crippen LogP contribution in [0, 0.1) is 5.95 Å². The smallest absolute Gasteiger partial charge is 0.220 e. The van der Waals surface area contributed by atoms with Crippen molar-refractivity contribution in [1.82, 2.24) is 4.98 Å². The fourth-order valence-corrected chi connectivity index (χ4v) is 2.74. The van der Waals surface area contributed by atoms with E-state index >= 15 is 0 Å². The van der Waals surface area contributed by atoms with Crippen LogP contribution in [-0.2, 0) is 6.56 Å². The van der Waals surface area contributed by atoms with Crippen molar-refractivity contribution in [3.63, 3.8) is 0 Å². The second-order valence-electron chi connectivity index (χ2n) is 2.75. The summed E-state index contributed by atoms with van der Waals surface area (Å²) in [6, 6.07) is 4.55. The van der Waals surface area contributed by atoms with Gasteiger partial charge in [0.2, 0.25) is 5.95 Å². The molecule has 0 radical (unpaired) electrons. The highest BCUT2D eigenvalue weighted by Gasteiger charge is 2.12. The van der Waals surface area contributed by atoms with Gasteiger partial charge in [0.25, 0.3) is 0 Å². The monoisotopic (exact) mass is 289 g/mol. The highest BCUT2D eigenvalue weighted by Crippen LogP contribution is 2.36. The average molecular weight is 290 g/mol. The van der Waals surface area contributed by atoms with Gasteiger partial charge in [0.1, 0.15) is 0 Å². The zero-order chi connectivity index (χ0) is 12.6. The Hall–Kier alpha value is -0.780. The molecule has 0 saturated carbocycles. The van der Waals surface area contributed by atoms with E-state index in [0.717, 1.165) is 11.3 Å². The lowest BCUT2D eigenvalue weighted by atomic mass is 10.1. The van der Waals surface area contributed by atoms with Crippen LogP contribution in [0.1, 0.15) is 7.62 Å². The second kappa shape index (κ2) is 4.38. The molecule has 0 aliphatic carbocycles. The maximum atomic E-state index is 13.5. The third-order valence-corrected chi connectivity index (χ3v) is 3.59. The molecule has 1 N–H and O–H groups in total. The Morgan fingerprint density at radius 3 is 3.00 bits per heavy atom. The van der Waals surface area contributed by atoms with Crippen LogP contribution in [0.3, 0.4) is 0 Å². The van der Waals surface area contributed by atoms with Gasteiger partial charge in [-0.25, -0.2) is 4.98 Å². The van der Waals surface area contributed by atoms with Gasteiger partial charge in [-0.3, -0.25) is 0 Å². The van der Waals surface area contributed by atoms with Crippen molar-refractivity contribution in [3.05, 3.63) is 39.0 Å². The Kier molecular flexibility index (Phi) is 2.45.